The smallest absolute Gasteiger partial charge is 0.0598 e. The summed E-state index contributed by atoms with van der Waals surface area (Å²) in [6.07, 6.45) is 0. The Labute approximate surface area is 76.6 Å². The van der Waals surface area contributed by atoms with Crippen LogP contribution < -0.4 is 0 Å². The molecule has 0 aromatic carbocycles. The molecule has 0 amide bonds. The summed E-state index contributed by atoms with van der Waals surface area (Å²) in [5.74, 6) is 1.11. The zero-order valence-electron chi connectivity index (χ0n) is 9.02. The summed E-state index contributed by atoms with van der Waals surface area (Å²) in [6.45, 7) is 15.5. The highest BCUT2D eigenvalue weighted by Gasteiger charge is 2.00. The largest absolute Gasteiger partial charge is 0.290 e. The first-order valence-corrected chi connectivity index (χ1v) is 4.63. The minimum atomic E-state index is 0.550. The van der Waals surface area contributed by atoms with Gasteiger partial charge in [-0.1, -0.05) is 39.8 Å². The van der Waals surface area contributed by atoms with Crippen molar-refractivity contribution in [2.45, 2.75) is 34.6 Å². The standard InChI is InChI=1S/C11H21N/c1-8(2)10(5)7-12-11(6)9(3)4/h8-9H,5,7H2,1-4,6H3. The SMILES string of the molecule is C=C(CN=C(C)C(C)C)C(C)C. The Balaban J connectivity index is 3.96. The van der Waals surface area contributed by atoms with Crippen molar-refractivity contribution in [3.05, 3.63) is 12.2 Å². The number of nitrogens with zero attached hydrogens (tertiary/aromatic N) is 1. The van der Waals surface area contributed by atoms with Crippen LogP contribution in [-0.2, 0) is 0 Å². The molecule has 0 unspecified atom stereocenters. The molecule has 0 N–H and O–H groups in total. The van der Waals surface area contributed by atoms with Gasteiger partial charge in [-0.25, -0.2) is 0 Å². The van der Waals surface area contributed by atoms with Gasteiger partial charge < -0.3 is 0 Å². The summed E-state index contributed by atoms with van der Waals surface area (Å²) in [5, 5.41) is 0. The maximum absolute atomic E-state index is 4.46. The average molecular weight is 167 g/mol. The maximum Gasteiger partial charge on any atom is 0.0598 e. The van der Waals surface area contributed by atoms with Crippen molar-refractivity contribution in [1.82, 2.24) is 0 Å². The molecule has 0 atom stereocenters. The Morgan fingerprint density at radius 2 is 1.67 bits per heavy atom. The van der Waals surface area contributed by atoms with Gasteiger partial charge in [0.15, 0.2) is 0 Å². The normalized spacial score (nSPS) is 12.8. The number of rotatable bonds is 4. The van der Waals surface area contributed by atoms with Crippen LogP contribution in [0.25, 0.3) is 0 Å². The fraction of sp³-hybridized carbons (Fsp3) is 0.727. The van der Waals surface area contributed by atoms with E-state index in [0.717, 1.165) is 6.54 Å². The maximum atomic E-state index is 4.46. The summed E-state index contributed by atoms with van der Waals surface area (Å²) < 4.78 is 0. The Morgan fingerprint density at radius 1 is 1.17 bits per heavy atom. The van der Waals surface area contributed by atoms with E-state index >= 15 is 0 Å². The van der Waals surface area contributed by atoms with Gasteiger partial charge in [0.2, 0.25) is 0 Å². The molecule has 0 bridgehead atoms. The van der Waals surface area contributed by atoms with E-state index in [1.165, 1.54) is 11.3 Å². The van der Waals surface area contributed by atoms with E-state index in [0.29, 0.717) is 11.8 Å². The summed E-state index contributed by atoms with van der Waals surface area (Å²) in [4.78, 5) is 4.46. The minimum absolute atomic E-state index is 0.550. The molecule has 0 radical (unpaired) electrons. The summed E-state index contributed by atoms with van der Waals surface area (Å²) in [6, 6.07) is 0. The molecule has 0 aliphatic carbocycles. The zero-order chi connectivity index (χ0) is 9.72. The quantitative estimate of drug-likeness (QED) is 0.450. The van der Waals surface area contributed by atoms with E-state index in [4.69, 9.17) is 0 Å². The van der Waals surface area contributed by atoms with E-state index in [9.17, 15) is 0 Å². The monoisotopic (exact) mass is 167 g/mol. The summed E-state index contributed by atoms with van der Waals surface area (Å²) in [5.41, 5.74) is 2.44. The molecule has 0 aromatic heterocycles. The van der Waals surface area contributed by atoms with Gasteiger partial charge in [0.05, 0.1) is 6.54 Å². The van der Waals surface area contributed by atoms with Crippen LogP contribution in [0.4, 0.5) is 0 Å². The third-order valence-corrected chi connectivity index (χ3v) is 2.18. The van der Waals surface area contributed by atoms with Crippen molar-refractivity contribution in [3.8, 4) is 0 Å². The lowest BCUT2D eigenvalue weighted by Crippen LogP contribution is -2.05. The van der Waals surface area contributed by atoms with Gasteiger partial charge in [-0.15, -0.1) is 0 Å². The van der Waals surface area contributed by atoms with Crippen LogP contribution >= 0.6 is 0 Å². The fourth-order valence-electron chi connectivity index (χ4n) is 0.591. The van der Waals surface area contributed by atoms with Crippen molar-refractivity contribution in [3.63, 3.8) is 0 Å². The van der Waals surface area contributed by atoms with E-state index in [1.54, 1.807) is 0 Å². The second-order valence-corrected chi connectivity index (χ2v) is 3.93. The van der Waals surface area contributed by atoms with Crippen molar-refractivity contribution < 1.29 is 0 Å². The van der Waals surface area contributed by atoms with Crippen molar-refractivity contribution in [2.75, 3.05) is 6.54 Å². The lowest BCUT2D eigenvalue weighted by Gasteiger charge is -2.08. The number of aliphatic imine (C=N–C) groups is 1. The highest BCUT2D eigenvalue weighted by molar-refractivity contribution is 5.83. The Hall–Kier alpha value is -0.590. The first-order chi connectivity index (χ1) is 5.45. The molecule has 0 fully saturated rings. The molecule has 0 aliphatic heterocycles. The van der Waals surface area contributed by atoms with Crippen LogP contribution in [0.5, 0.6) is 0 Å². The van der Waals surface area contributed by atoms with Gasteiger partial charge in [0.1, 0.15) is 0 Å². The highest BCUT2D eigenvalue weighted by atomic mass is 14.7. The molecular weight excluding hydrogens is 146 g/mol. The second kappa shape index (κ2) is 5.13. The molecule has 12 heavy (non-hydrogen) atoms. The van der Waals surface area contributed by atoms with Crippen LogP contribution in [0.15, 0.2) is 17.1 Å². The number of hydrogen-bond acceptors (Lipinski definition) is 1. The van der Waals surface area contributed by atoms with E-state index in [-0.39, 0.29) is 0 Å². The first kappa shape index (κ1) is 11.4. The predicted octanol–water partition coefficient (Wildman–Crippen LogP) is 3.32. The molecule has 0 saturated carbocycles. The molecule has 0 heterocycles. The highest BCUT2D eigenvalue weighted by Crippen LogP contribution is 2.07. The van der Waals surface area contributed by atoms with E-state index < -0.39 is 0 Å². The van der Waals surface area contributed by atoms with Crippen LogP contribution in [0, 0.1) is 11.8 Å². The summed E-state index contributed by atoms with van der Waals surface area (Å²) >= 11 is 0. The topological polar surface area (TPSA) is 12.4 Å². The van der Waals surface area contributed by atoms with Crippen LogP contribution in [-0.4, -0.2) is 12.3 Å². The Bertz CT molecular complexity index is 175. The zero-order valence-corrected chi connectivity index (χ0v) is 9.02. The number of hydrogen-bond donors (Lipinski definition) is 0. The molecule has 70 valence electrons. The molecular formula is C11H21N. The molecule has 0 aliphatic rings. The van der Waals surface area contributed by atoms with Crippen molar-refractivity contribution >= 4 is 5.71 Å². The lowest BCUT2D eigenvalue weighted by atomic mass is 10.1. The summed E-state index contributed by atoms with van der Waals surface area (Å²) in [7, 11) is 0. The molecule has 0 spiro atoms. The molecule has 0 saturated heterocycles. The minimum Gasteiger partial charge on any atom is -0.290 e. The third kappa shape index (κ3) is 4.32. The molecule has 1 heteroatoms. The van der Waals surface area contributed by atoms with Gasteiger partial charge in [-0.05, 0) is 18.8 Å². The van der Waals surface area contributed by atoms with Crippen molar-refractivity contribution in [2.24, 2.45) is 16.8 Å². The van der Waals surface area contributed by atoms with Crippen molar-refractivity contribution in [1.29, 1.82) is 0 Å². The molecule has 1 nitrogen and oxygen atoms in total. The van der Waals surface area contributed by atoms with Gasteiger partial charge in [-0.3, -0.25) is 4.99 Å². The molecule has 0 aromatic rings. The van der Waals surface area contributed by atoms with Gasteiger partial charge in [-0.2, -0.15) is 0 Å². The Kier molecular flexibility index (Phi) is 4.87. The van der Waals surface area contributed by atoms with Crippen LogP contribution in [0.1, 0.15) is 34.6 Å². The fourth-order valence-corrected chi connectivity index (χ4v) is 0.591. The van der Waals surface area contributed by atoms with Crippen LogP contribution in [0.2, 0.25) is 0 Å². The lowest BCUT2D eigenvalue weighted by molar-refractivity contribution is 0.746. The molecule has 0 rings (SSSR count). The first-order valence-electron chi connectivity index (χ1n) is 4.63. The third-order valence-electron chi connectivity index (χ3n) is 2.18. The van der Waals surface area contributed by atoms with Crippen LogP contribution in [0.3, 0.4) is 0 Å². The average Bonchev–Trinajstić information content (AvgIpc) is 1.98. The van der Waals surface area contributed by atoms with Gasteiger partial charge in [0.25, 0.3) is 0 Å². The second-order valence-electron chi connectivity index (χ2n) is 3.93. The Morgan fingerprint density at radius 3 is 2.00 bits per heavy atom. The van der Waals surface area contributed by atoms with E-state index in [1.807, 2.05) is 0 Å². The van der Waals surface area contributed by atoms with Gasteiger partial charge in [0, 0.05) is 5.71 Å². The van der Waals surface area contributed by atoms with Gasteiger partial charge >= 0.3 is 0 Å². The van der Waals surface area contributed by atoms with E-state index in [2.05, 4.69) is 46.2 Å². The predicted molar refractivity (Wildman–Crippen MR) is 56.8 cm³/mol.